The highest BCUT2D eigenvalue weighted by Gasteiger charge is 2.13. The molecule has 0 saturated carbocycles. The van der Waals surface area contributed by atoms with Gasteiger partial charge in [0, 0.05) is 27.7 Å². The molecule has 2 N–H and O–H groups in total. The van der Waals surface area contributed by atoms with Crippen LogP contribution in [0.15, 0.2) is 54.6 Å². The van der Waals surface area contributed by atoms with Gasteiger partial charge in [0.25, 0.3) is 0 Å². The molecule has 3 rings (SSSR count). The molecule has 0 fully saturated rings. The van der Waals surface area contributed by atoms with Gasteiger partial charge in [0.1, 0.15) is 6.61 Å². The van der Waals surface area contributed by atoms with Crippen LogP contribution in [0.2, 0.25) is 15.1 Å². The molecule has 0 bridgehead atoms. The Morgan fingerprint density at radius 1 is 1.00 bits per heavy atom. The lowest BCUT2D eigenvalue weighted by Crippen LogP contribution is -2.06. The maximum Gasteiger partial charge on any atom is 0.335 e. The lowest BCUT2D eigenvalue weighted by Gasteiger charge is -2.17. The SMILES string of the molecule is COc1cccc(CNc2cc(C(=O)O)ccc2Cl)c1OCc1ccc(Cl)cc1Cl. The van der Waals surface area contributed by atoms with Gasteiger partial charge in [0.05, 0.1) is 23.4 Å². The van der Waals surface area contributed by atoms with Crippen molar-refractivity contribution in [3.8, 4) is 11.5 Å². The minimum absolute atomic E-state index is 0.140. The van der Waals surface area contributed by atoms with Crippen LogP contribution in [-0.2, 0) is 13.2 Å². The molecule has 30 heavy (non-hydrogen) atoms. The number of hydrogen-bond acceptors (Lipinski definition) is 4. The number of carboxylic acid groups (broad SMARTS) is 1. The Labute approximate surface area is 189 Å². The summed E-state index contributed by atoms with van der Waals surface area (Å²) >= 11 is 18.4. The summed E-state index contributed by atoms with van der Waals surface area (Å²) in [7, 11) is 1.56. The predicted molar refractivity (Wildman–Crippen MR) is 120 cm³/mol. The number of rotatable bonds is 8. The van der Waals surface area contributed by atoms with Crippen LogP contribution in [0.1, 0.15) is 21.5 Å². The van der Waals surface area contributed by atoms with E-state index >= 15 is 0 Å². The fourth-order valence-electron chi connectivity index (χ4n) is 2.80. The summed E-state index contributed by atoms with van der Waals surface area (Å²) in [5, 5.41) is 13.8. The van der Waals surface area contributed by atoms with Gasteiger partial charge in [-0.15, -0.1) is 0 Å². The average molecular weight is 467 g/mol. The van der Waals surface area contributed by atoms with Crippen LogP contribution in [0.4, 0.5) is 5.69 Å². The smallest absolute Gasteiger partial charge is 0.335 e. The van der Waals surface area contributed by atoms with Crippen molar-refractivity contribution < 1.29 is 19.4 Å². The number of anilines is 1. The van der Waals surface area contributed by atoms with Crippen molar-refractivity contribution in [2.24, 2.45) is 0 Å². The summed E-state index contributed by atoms with van der Waals surface area (Å²) in [6, 6.07) is 15.2. The second kappa shape index (κ2) is 9.94. The number of halogens is 3. The maximum absolute atomic E-state index is 11.2. The second-order valence-corrected chi connectivity index (χ2v) is 7.58. The molecule has 8 heteroatoms. The van der Waals surface area contributed by atoms with Crippen LogP contribution < -0.4 is 14.8 Å². The number of nitrogens with one attached hydrogen (secondary N) is 1. The Morgan fingerprint density at radius 3 is 2.50 bits per heavy atom. The van der Waals surface area contributed by atoms with E-state index in [1.807, 2.05) is 12.1 Å². The quantitative estimate of drug-likeness (QED) is 0.394. The topological polar surface area (TPSA) is 67.8 Å². The monoisotopic (exact) mass is 465 g/mol. The van der Waals surface area contributed by atoms with Gasteiger partial charge in [-0.3, -0.25) is 0 Å². The van der Waals surface area contributed by atoms with Gasteiger partial charge in [0.15, 0.2) is 11.5 Å². The van der Waals surface area contributed by atoms with Crippen LogP contribution in [0.3, 0.4) is 0 Å². The molecule has 0 unspecified atom stereocenters. The first-order valence-corrected chi connectivity index (χ1v) is 10.0. The molecule has 0 atom stereocenters. The second-order valence-electron chi connectivity index (χ2n) is 6.33. The summed E-state index contributed by atoms with van der Waals surface area (Å²) in [5.41, 5.74) is 2.23. The third-order valence-electron chi connectivity index (χ3n) is 4.35. The average Bonchev–Trinajstić information content (AvgIpc) is 2.72. The van der Waals surface area contributed by atoms with Crippen molar-refractivity contribution in [3.63, 3.8) is 0 Å². The molecule has 156 valence electrons. The lowest BCUT2D eigenvalue weighted by atomic mass is 10.1. The molecule has 0 aliphatic carbocycles. The fourth-order valence-corrected chi connectivity index (χ4v) is 3.45. The van der Waals surface area contributed by atoms with Crippen LogP contribution in [0.25, 0.3) is 0 Å². The van der Waals surface area contributed by atoms with Crippen molar-refractivity contribution in [2.75, 3.05) is 12.4 Å². The van der Waals surface area contributed by atoms with Crippen LogP contribution >= 0.6 is 34.8 Å². The van der Waals surface area contributed by atoms with Gasteiger partial charge < -0.3 is 19.9 Å². The first kappa shape index (κ1) is 22.1. The summed E-state index contributed by atoms with van der Waals surface area (Å²) < 4.78 is 11.5. The van der Waals surface area contributed by atoms with Crippen molar-refractivity contribution >= 4 is 46.5 Å². The summed E-state index contributed by atoms with van der Waals surface area (Å²) in [6.45, 7) is 0.558. The molecule has 0 aliphatic heterocycles. The van der Waals surface area contributed by atoms with E-state index in [9.17, 15) is 9.90 Å². The molecular formula is C22H18Cl3NO4. The number of aromatic carboxylic acids is 1. The zero-order chi connectivity index (χ0) is 21.7. The van der Waals surface area contributed by atoms with Gasteiger partial charge in [-0.1, -0.05) is 53.0 Å². The predicted octanol–water partition coefficient (Wildman–Crippen LogP) is 6.54. The molecular weight excluding hydrogens is 449 g/mol. The Balaban J connectivity index is 1.82. The van der Waals surface area contributed by atoms with E-state index in [-0.39, 0.29) is 12.2 Å². The highest BCUT2D eigenvalue weighted by molar-refractivity contribution is 6.35. The normalized spacial score (nSPS) is 10.5. The van der Waals surface area contributed by atoms with Crippen molar-refractivity contribution in [1.82, 2.24) is 0 Å². The van der Waals surface area contributed by atoms with Crippen LogP contribution in [0, 0.1) is 0 Å². The van der Waals surface area contributed by atoms with Gasteiger partial charge in [0.2, 0.25) is 0 Å². The molecule has 0 aliphatic rings. The van der Waals surface area contributed by atoms with E-state index in [1.165, 1.54) is 12.1 Å². The molecule has 3 aromatic rings. The first-order valence-electron chi connectivity index (χ1n) is 8.88. The molecule has 0 radical (unpaired) electrons. The molecule has 0 saturated heterocycles. The van der Waals surface area contributed by atoms with Crippen molar-refractivity contribution in [3.05, 3.63) is 86.4 Å². The zero-order valence-electron chi connectivity index (χ0n) is 15.9. The Hall–Kier alpha value is -2.60. The number of para-hydroxylation sites is 1. The van der Waals surface area contributed by atoms with Crippen LogP contribution in [-0.4, -0.2) is 18.2 Å². The highest BCUT2D eigenvalue weighted by atomic mass is 35.5. The number of carboxylic acids is 1. The molecule has 3 aromatic carbocycles. The third-order valence-corrected chi connectivity index (χ3v) is 5.27. The van der Waals surface area contributed by atoms with E-state index < -0.39 is 5.97 Å². The largest absolute Gasteiger partial charge is 0.493 e. The lowest BCUT2D eigenvalue weighted by molar-refractivity contribution is 0.0697. The van der Waals surface area contributed by atoms with Crippen molar-refractivity contribution in [1.29, 1.82) is 0 Å². The van der Waals surface area contributed by atoms with E-state index in [1.54, 1.807) is 37.4 Å². The number of hydrogen-bond donors (Lipinski definition) is 2. The summed E-state index contributed by atoms with van der Waals surface area (Å²) in [6.07, 6.45) is 0. The fraction of sp³-hybridized carbons (Fsp3) is 0.136. The Kier molecular flexibility index (Phi) is 7.32. The van der Waals surface area contributed by atoms with Crippen LogP contribution in [0.5, 0.6) is 11.5 Å². The number of benzene rings is 3. The first-order chi connectivity index (χ1) is 14.4. The molecule has 0 spiro atoms. The summed E-state index contributed by atoms with van der Waals surface area (Å²) in [5.74, 6) is 0.0776. The maximum atomic E-state index is 11.2. The van der Waals surface area contributed by atoms with E-state index in [2.05, 4.69) is 5.32 Å². The van der Waals surface area contributed by atoms with Gasteiger partial charge >= 0.3 is 5.97 Å². The zero-order valence-corrected chi connectivity index (χ0v) is 18.2. The van der Waals surface area contributed by atoms with Gasteiger partial charge in [-0.25, -0.2) is 4.79 Å². The van der Waals surface area contributed by atoms with E-state index in [0.29, 0.717) is 38.8 Å². The van der Waals surface area contributed by atoms with Crippen molar-refractivity contribution in [2.45, 2.75) is 13.2 Å². The standard InChI is InChI=1S/C22H18Cl3NO4/c1-29-20-4-2-3-14(11-26-19-9-13(22(27)28)6-8-17(19)24)21(20)30-12-15-5-7-16(23)10-18(15)25/h2-10,26H,11-12H2,1H3,(H,27,28). The minimum atomic E-state index is -1.03. The molecule has 0 aromatic heterocycles. The minimum Gasteiger partial charge on any atom is -0.493 e. The summed E-state index contributed by atoms with van der Waals surface area (Å²) in [4.78, 5) is 11.2. The Morgan fingerprint density at radius 2 is 1.80 bits per heavy atom. The molecule has 5 nitrogen and oxygen atoms in total. The van der Waals surface area contributed by atoms with E-state index in [0.717, 1.165) is 11.1 Å². The number of carbonyl (C=O) groups is 1. The number of ether oxygens (including phenoxy) is 2. The third kappa shape index (κ3) is 5.30. The van der Waals surface area contributed by atoms with Gasteiger partial charge in [-0.05, 0) is 36.4 Å². The van der Waals surface area contributed by atoms with E-state index in [4.69, 9.17) is 44.3 Å². The Bertz CT molecular complexity index is 1070. The van der Waals surface area contributed by atoms with Gasteiger partial charge in [-0.2, -0.15) is 0 Å². The highest BCUT2D eigenvalue weighted by Crippen LogP contribution is 2.34. The molecule has 0 heterocycles. The number of methoxy groups -OCH3 is 1. The molecule has 0 amide bonds.